The van der Waals surface area contributed by atoms with Gasteiger partial charge in [-0.2, -0.15) is 4.98 Å². The van der Waals surface area contributed by atoms with Crippen molar-refractivity contribution < 1.29 is 4.42 Å². The Bertz CT molecular complexity index is 566. The Morgan fingerprint density at radius 1 is 1.35 bits per heavy atom. The fourth-order valence-electron chi connectivity index (χ4n) is 2.83. The fourth-order valence-corrected chi connectivity index (χ4v) is 2.83. The molecule has 20 heavy (non-hydrogen) atoms. The van der Waals surface area contributed by atoms with Crippen LogP contribution in [0.15, 0.2) is 16.7 Å². The van der Waals surface area contributed by atoms with Crippen LogP contribution in [0, 0.1) is 0 Å². The van der Waals surface area contributed by atoms with E-state index in [0.29, 0.717) is 12.1 Å². The number of piperazine rings is 1. The van der Waals surface area contributed by atoms with E-state index in [2.05, 4.69) is 46.2 Å². The first-order chi connectivity index (χ1) is 9.67. The Balaban J connectivity index is 1.83. The lowest BCUT2D eigenvalue weighted by Gasteiger charge is -2.35. The number of H-pyrrole nitrogens is 1. The zero-order valence-electron chi connectivity index (χ0n) is 12.2. The van der Waals surface area contributed by atoms with Crippen molar-refractivity contribution in [1.82, 2.24) is 20.5 Å². The average molecular weight is 275 g/mol. The van der Waals surface area contributed by atoms with Gasteiger partial charge in [0.2, 0.25) is 5.95 Å². The first-order valence-electron chi connectivity index (χ1n) is 7.17. The summed E-state index contributed by atoms with van der Waals surface area (Å²) in [6.07, 6.45) is 2.55. The van der Waals surface area contributed by atoms with Crippen LogP contribution in [0.2, 0.25) is 0 Å². The molecule has 3 rings (SSSR count). The molecular formula is C14H21N5O. The van der Waals surface area contributed by atoms with Crippen LogP contribution in [0.4, 0.5) is 5.95 Å². The SMILES string of the molecule is CCc1occc1-c1nc(N2CC(C)NC(C)C2)n[nH]1. The fraction of sp³-hybridized carbons (Fsp3) is 0.571. The van der Waals surface area contributed by atoms with Gasteiger partial charge in [0.1, 0.15) is 5.76 Å². The van der Waals surface area contributed by atoms with Crippen molar-refractivity contribution in [2.45, 2.75) is 39.3 Å². The van der Waals surface area contributed by atoms with Gasteiger partial charge < -0.3 is 14.6 Å². The Hall–Kier alpha value is -1.82. The Morgan fingerprint density at radius 3 is 2.80 bits per heavy atom. The van der Waals surface area contributed by atoms with Gasteiger partial charge in [-0.3, -0.25) is 5.10 Å². The summed E-state index contributed by atoms with van der Waals surface area (Å²) in [7, 11) is 0. The van der Waals surface area contributed by atoms with Crippen LogP contribution in [0.3, 0.4) is 0 Å². The molecule has 108 valence electrons. The summed E-state index contributed by atoms with van der Waals surface area (Å²) in [5.41, 5.74) is 1.00. The molecule has 2 atom stereocenters. The van der Waals surface area contributed by atoms with E-state index in [1.165, 1.54) is 0 Å². The second-order valence-electron chi connectivity index (χ2n) is 5.47. The normalized spacial score (nSPS) is 23.2. The number of aromatic amines is 1. The van der Waals surface area contributed by atoms with Crippen molar-refractivity contribution in [3.8, 4) is 11.4 Å². The molecule has 1 fully saturated rings. The molecule has 2 N–H and O–H groups in total. The predicted molar refractivity (Wildman–Crippen MR) is 77.7 cm³/mol. The van der Waals surface area contributed by atoms with Gasteiger partial charge in [-0.05, 0) is 19.9 Å². The molecule has 6 heteroatoms. The van der Waals surface area contributed by atoms with Crippen LogP contribution in [-0.2, 0) is 6.42 Å². The topological polar surface area (TPSA) is 70.0 Å². The highest BCUT2D eigenvalue weighted by atomic mass is 16.3. The van der Waals surface area contributed by atoms with E-state index in [-0.39, 0.29) is 0 Å². The number of furan rings is 1. The Morgan fingerprint density at radius 2 is 2.10 bits per heavy atom. The maximum Gasteiger partial charge on any atom is 0.245 e. The molecule has 0 saturated carbocycles. The molecule has 1 aliphatic heterocycles. The molecule has 1 saturated heterocycles. The van der Waals surface area contributed by atoms with E-state index in [1.54, 1.807) is 6.26 Å². The largest absolute Gasteiger partial charge is 0.469 e. The monoisotopic (exact) mass is 275 g/mol. The van der Waals surface area contributed by atoms with E-state index in [9.17, 15) is 0 Å². The molecule has 3 heterocycles. The lowest BCUT2D eigenvalue weighted by molar-refractivity contribution is 0.403. The summed E-state index contributed by atoms with van der Waals surface area (Å²) in [5.74, 6) is 2.49. The van der Waals surface area contributed by atoms with Crippen LogP contribution < -0.4 is 10.2 Å². The molecule has 6 nitrogen and oxygen atoms in total. The van der Waals surface area contributed by atoms with Gasteiger partial charge in [0.25, 0.3) is 0 Å². The van der Waals surface area contributed by atoms with Crippen molar-refractivity contribution in [3.05, 3.63) is 18.1 Å². The first kappa shape index (κ1) is 13.2. The highest BCUT2D eigenvalue weighted by molar-refractivity contribution is 5.58. The first-order valence-corrected chi connectivity index (χ1v) is 7.17. The van der Waals surface area contributed by atoms with Crippen molar-refractivity contribution in [2.24, 2.45) is 0 Å². The van der Waals surface area contributed by atoms with E-state index in [0.717, 1.165) is 42.6 Å². The summed E-state index contributed by atoms with van der Waals surface area (Å²) < 4.78 is 5.45. The van der Waals surface area contributed by atoms with Gasteiger partial charge in [0.15, 0.2) is 5.82 Å². The maximum atomic E-state index is 5.45. The summed E-state index contributed by atoms with van der Waals surface area (Å²) in [4.78, 5) is 6.85. The number of nitrogens with zero attached hydrogens (tertiary/aromatic N) is 3. The van der Waals surface area contributed by atoms with E-state index in [4.69, 9.17) is 4.42 Å². The highest BCUT2D eigenvalue weighted by Crippen LogP contribution is 2.24. The lowest BCUT2D eigenvalue weighted by atomic mass is 10.1. The van der Waals surface area contributed by atoms with Crippen LogP contribution in [-0.4, -0.2) is 40.4 Å². The third kappa shape index (κ3) is 2.43. The summed E-state index contributed by atoms with van der Waals surface area (Å²) >= 11 is 0. The molecule has 0 spiro atoms. The summed E-state index contributed by atoms with van der Waals surface area (Å²) in [6.45, 7) is 8.28. The molecule has 0 amide bonds. The molecule has 2 aromatic heterocycles. The van der Waals surface area contributed by atoms with Crippen molar-refractivity contribution in [2.75, 3.05) is 18.0 Å². The standard InChI is InChI=1S/C14H21N5O/c1-4-12-11(5-6-20-12)13-16-14(18-17-13)19-7-9(2)15-10(3)8-19/h5-6,9-10,15H,4,7-8H2,1-3H3,(H,16,17,18). The van der Waals surface area contributed by atoms with E-state index in [1.807, 2.05) is 6.07 Å². The number of aryl methyl sites for hydroxylation is 1. The number of aromatic nitrogens is 3. The van der Waals surface area contributed by atoms with Crippen molar-refractivity contribution in [3.63, 3.8) is 0 Å². The Kier molecular flexibility index (Phi) is 3.48. The average Bonchev–Trinajstić information content (AvgIpc) is 3.06. The number of anilines is 1. The van der Waals surface area contributed by atoms with Crippen molar-refractivity contribution >= 4 is 5.95 Å². The van der Waals surface area contributed by atoms with Crippen molar-refractivity contribution in [1.29, 1.82) is 0 Å². The molecule has 2 unspecified atom stereocenters. The third-order valence-electron chi connectivity index (χ3n) is 3.64. The quantitative estimate of drug-likeness (QED) is 0.894. The minimum absolute atomic E-state index is 0.445. The molecule has 2 aromatic rings. The van der Waals surface area contributed by atoms with Gasteiger partial charge in [-0.15, -0.1) is 5.10 Å². The summed E-state index contributed by atoms with van der Waals surface area (Å²) in [6, 6.07) is 2.83. The second kappa shape index (κ2) is 5.28. The molecule has 0 radical (unpaired) electrons. The van der Waals surface area contributed by atoms with Crippen LogP contribution >= 0.6 is 0 Å². The van der Waals surface area contributed by atoms with E-state index >= 15 is 0 Å². The minimum Gasteiger partial charge on any atom is -0.469 e. The highest BCUT2D eigenvalue weighted by Gasteiger charge is 2.24. The molecule has 0 aromatic carbocycles. The van der Waals surface area contributed by atoms with Crippen LogP contribution in [0.5, 0.6) is 0 Å². The Labute approximate surface area is 118 Å². The van der Waals surface area contributed by atoms with Gasteiger partial charge in [0, 0.05) is 31.6 Å². The predicted octanol–water partition coefficient (Wildman–Crippen LogP) is 1.81. The van der Waals surface area contributed by atoms with Gasteiger partial charge in [-0.25, -0.2) is 0 Å². The second-order valence-corrected chi connectivity index (χ2v) is 5.47. The number of hydrogen-bond donors (Lipinski definition) is 2. The maximum absolute atomic E-state index is 5.45. The molecule has 0 bridgehead atoms. The number of hydrogen-bond acceptors (Lipinski definition) is 5. The van der Waals surface area contributed by atoms with Gasteiger partial charge >= 0.3 is 0 Å². The third-order valence-corrected chi connectivity index (χ3v) is 3.64. The van der Waals surface area contributed by atoms with Crippen LogP contribution in [0.1, 0.15) is 26.5 Å². The van der Waals surface area contributed by atoms with Gasteiger partial charge in [0.05, 0.1) is 11.8 Å². The summed E-state index contributed by atoms with van der Waals surface area (Å²) in [5, 5.41) is 10.9. The zero-order valence-corrected chi connectivity index (χ0v) is 12.2. The lowest BCUT2D eigenvalue weighted by Crippen LogP contribution is -2.54. The minimum atomic E-state index is 0.445. The molecule has 1 aliphatic rings. The van der Waals surface area contributed by atoms with E-state index < -0.39 is 0 Å². The number of nitrogens with one attached hydrogen (secondary N) is 2. The smallest absolute Gasteiger partial charge is 0.245 e. The van der Waals surface area contributed by atoms with Crippen LogP contribution in [0.25, 0.3) is 11.4 Å². The zero-order chi connectivity index (χ0) is 14.1. The molecular weight excluding hydrogens is 254 g/mol. The molecule has 0 aliphatic carbocycles. The van der Waals surface area contributed by atoms with Gasteiger partial charge in [-0.1, -0.05) is 6.92 Å². The number of rotatable bonds is 3.